The Morgan fingerprint density at radius 1 is 1.12 bits per heavy atom. The van der Waals surface area contributed by atoms with Crippen LogP contribution in [0.2, 0.25) is 0 Å². The van der Waals surface area contributed by atoms with Gasteiger partial charge in [0.25, 0.3) is 0 Å². The van der Waals surface area contributed by atoms with E-state index in [1.807, 2.05) is 0 Å². The van der Waals surface area contributed by atoms with Gasteiger partial charge >= 0.3 is 29.5 Å². The number of imidazole rings is 1. The number of aromatic hydroxyl groups is 1. The van der Waals surface area contributed by atoms with E-state index in [0.29, 0.717) is 12.3 Å². The van der Waals surface area contributed by atoms with E-state index in [1.165, 1.54) is 13.8 Å². The van der Waals surface area contributed by atoms with Crippen molar-refractivity contribution >= 4 is 64.9 Å². The summed E-state index contributed by atoms with van der Waals surface area (Å²) >= 11 is 3.94. The molecule has 0 bridgehead atoms. The first-order chi connectivity index (χ1) is 22.6. The maximum Gasteiger partial charge on any atom is 0.481 e. The van der Waals surface area contributed by atoms with Gasteiger partial charge < -0.3 is 56.0 Å². The summed E-state index contributed by atoms with van der Waals surface area (Å²) in [6.45, 7) is 0.612. The molecule has 1 aliphatic rings. The maximum absolute atomic E-state index is 12.6. The van der Waals surface area contributed by atoms with Crippen LogP contribution in [0.4, 0.5) is 5.82 Å². The van der Waals surface area contributed by atoms with Gasteiger partial charge in [0.15, 0.2) is 23.2 Å². The zero-order chi connectivity index (χ0) is 36.9. The van der Waals surface area contributed by atoms with E-state index in [-0.39, 0.29) is 35.9 Å². The van der Waals surface area contributed by atoms with Gasteiger partial charge in [-0.1, -0.05) is 13.8 Å². The monoisotopic (exact) mass is 783 g/mol. The van der Waals surface area contributed by atoms with E-state index in [1.54, 1.807) is 0 Å². The molecule has 2 unspecified atom stereocenters. The maximum atomic E-state index is 12.6. The Morgan fingerprint density at radius 3 is 2.41 bits per heavy atom. The van der Waals surface area contributed by atoms with Crippen molar-refractivity contribution in [2.75, 3.05) is 37.8 Å². The number of nitrogens with one attached hydrogen (secondary N) is 2. The third kappa shape index (κ3) is 11.6. The molecular formula is C21H36N7O17P3S. The third-order valence-electron chi connectivity index (χ3n) is 6.56. The van der Waals surface area contributed by atoms with Crippen molar-refractivity contribution in [2.45, 2.75) is 50.9 Å². The molecule has 0 aromatic carbocycles. The summed E-state index contributed by atoms with van der Waals surface area (Å²) in [6, 6.07) is -0.793. The lowest BCUT2D eigenvalue weighted by atomic mass is 9.87. The summed E-state index contributed by atoms with van der Waals surface area (Å²) in [5.74, 6) is -1.20. The van der Waals surface area contributed by atoms with Crippen LogP contribution in [0.3, 0.4) is 0 Å². The normalized spacial score (nSPS) is 23.1. The van der Waals surface area contributed by atoms with Crippen LogP contribution in [0.5, 0.6) is 6.01 Å². The SMILES string of the molecule is CC(C)(COP(=O)(O)OP(=O)(O)OC[C@H]1O[C@@H](n2cnc3c(N)nc(O)nc32)[C@H](O)[C@@H]1OP(=O)(O)O)[C@@H](O)C(=O)NCCC(=O)NCCS. The second-order valence-electron chi connectivity index (χ2n) is 10.9. The van der Waals surface area contributed by atoms with Crippen molar-refractivity contribution in [1.82, 2.24) is 30.2 Å². The minimum atomic E-state index is -5.58. The van der Waals surface area contributed by atoms with Gasteiger partial charge in [0.1, 0.15) is 24.4 Å². The molecule has 2 aromatic rings. The number of nitrogens with two attached hydrogens (primary N) is 1. The molecule has 2 amide bonds. The summed E-state index contributed by atoms with van der Waals surface area (Å²) in [5, 5.41) is 35.8. The molecule has 1 saturated heterocycles. The van der Waals surface area contributed by atoms with Crippen LogP contribution in [0.15, 0.2) is 6.33 Å². The number of hydrogen-bond donors (Lipinski definition) is 11. The molecule has 3 rings (SSSR count). The van der Waals surface area contributed by atoms with E-state index in [2.05, 4.69) is 51.6 Å². The average Bonchev–Trinajstić information content (AvgIpc) is 3.52. The van der Waals surface area contributed by atoms with Crippen LogP contribution in [-0.4, -0.2) is 123 Å². The number of hydrogen-bond acceptors (Lipinski definition) is 18. The molecular weight excluding hydrogens is 747 g/mol. The summed E-state index contributed by atoms with van der Waals surface area (Å²) in [4.78, 5) is 74.1. The Hall–Kier alpha value is -2.31. The number of carbonyl (C=O) groups excluding carboxylic acids is 2. The Balaban J connectivity index is 1.63. The van der Waals surface area contributed by atoms with Crippen LogP contribution < -0.4 is 16.4 Å². The van der Waals surface area contributed by atoms with Crippen molar-refractivity contribution in [2.24, 2.45) is 5.41 Å². The van der Waals surface area contributed by atoms with Gasteiger partial charge in [0.05, 0.1) is 19.5 Å². The minimum Gasteiger partial charge on any atom is -0.479 e. The molecule has 11 N–H and O–H groups in total. The fourth-order valence-corrected chi connectivity index (χ4v) is 7.13. The van der Waals surface area contributed by atoms with Gasteiger partial charge in [0, 0.05) is 30.7 Å². The number of nitrogens with zero attached hydrogens (tertiary/aromatic N) is 4. The van der Waals surface area contributed by atoms with Crippen molar-refractivity contribution < 1.29 is 80.8 Å². The number of phosphoric acid groups is 3. The zero-order valence-electron chi connectivity index (χ0n) is 25.6. The molecule has 0 spiro atoms. The zero-order valence-corrected chi connectivity index (χ0v) is 29.2. The first-order valence-corrected chi connectivity index (χ1v) is 19.0. The second kappa shape index (κ2) is 16.4. The van der Waals surface area contributed by atoms with E-state index in [4.69, 9.17) is 15.0 Å². The number of fused-ring (bicyclic) bond motifs is 1. The summed E-state index contributed by atoms with van der Waals surface area (Å²) in [6.07, 6.45) is -8.27. The smallest absolute Gasteiger partial charge is 0.479 e. The number of ether oxygens (including phenoxy) is 1. The molecule has 0 aliphatic carbocycles. The van der Waals surface area contributed by atoms with Gasteiger partial charge in [-0.05, 0) is 0 Å². The van der Waals surface area contributed by atoms with E-state index < -0.39 is 84.7 Å². The highest BCUT2D eigenvalue weighted by Gasteiger charge is 2.50. The molecule has 7 atom stereocenters. The lowest BCUT2D eigenvalue weighted by Crippen LogP contribution is -2.46. The molecule has 3 heterocycles. The van der Waals surface area contributed by atoms with Crippen LogP contribution >= 0.6 is 36.1 Å². The van der Waals surface area contributed by atoms with Crippen LogP contribution in [0.1, 0.15) is 26.5 Å². The van der Waals surface area contributed by atoms with E-state index in [0.717, 1.165) is 10.9 Å². The Kier molecular flexibility index (Phi) is 13.7. The van der Waals surface area contributed by atoms with Gasteiger partial charge in [-0.3, -0.25) is 27.7 Å². The average molecular weight is 784 g/mol. The number of aliphatic hydroxyl groups excluding tert-OH is 2. The predicted molar refractivity (Wildman–Crippen MR) is 165 cm³/mol. The van der Waals surface area contributed by atoms with Crippen LogP contribution in [0.25, 0.3) is 11.2 Å². The fourth-order valence-electron chi connectivity index (χ4n) is 4.19. The van der Waals surface area contributed by atoms with Gasteiger partial charge in [-0.2, -0.15) is 26.9 Å². The third-order valence-corrected chi connectivity index (χ3v) is 9.88. The Labute approximate surface area is 282 Å². The van der Waals surface area contributed by atoms with Gasteiger partial charge in [-0.25, -0.2) is 18.7 Å². The number of aliphatic hydroxyl groups is 2. The molecule has 0 saturated carbocycles. The molecule has 49 heavy (non-hydrogen) atoms. The van der Waals surface area contributed by atoms with Crippen molar-refractivity contribution in [3.05, 3.63) is 6.33 Å². The molecule has 24 nitrogen and oxygen atoms in total. The summed E-state index contributed by atoms with van der Waals surface area (Å²) in [7, 11) is -16.4. The van der Waals surface area contributed by atoms with Crippen LogP contribution in [0, 0.1) is 5.41 Å². The quantitative estimate of drug-likeness (QED) is 0.0577. The molecule has 1 fully saturated rings. The molecule has 0 radical (unpaired) electrons. The molecule has 1 aliphatic heterocycles. The highest BCUT2D eigenvalue weighted by molar-refractivity contribution is 7.80. The second-order valence-corrected chi connectivity index (χ2v) is 15.6. The van der Waals surface area contributed by atoms with E-state index in [9.17, 15) is 58.2 Å². The number of anilines is 1. The molecule has 2 aromatic heterocycles. The van der Waals surface area contributed by atoms with Gasteiger partial charge in [-0.15, -0.1) is 0 Å². The predicted octanol–water partition coefficient (Wildman–Crippen LogP) is -1.96. The molecule has 28 heteroatoms. The number of amides is 2. The first-order valence-electron chi connectivity index (χ1n) is 13.8. The number of thiol groups is 1. The lowest BCUT2D eigenvalue weighted by Gasteiger charge is -2.30. The Morgan fingerprint density at radius 2 is 1.78 bits per heavy atom. The van der Waals surface area contributed by atoms with Crippen LogP contribution in [-0.2, 0) is 45.9 Å². The largest absolute Gasteiger partial charge is 0.481 e. The minimum absolute atomic E-state index is 0.0615. The van der Waals surface area contributed by atoms with Crippen molar-refractivity contribution in [3.8, 4) is 6.01 Å². The van der Waals surface area contributed by atoms with Crippen molar-refractivity contribution in [1.29, 1.82) is 0 Å². The first kappa shape index (κ1) is 41.1. The van der Waals surface area contributed by atoms with Gasteiger partial charge in [0.2, 0.25) is 11.8 Å². The lowest BCUT2D eigenvalue weighted by molar-refractivity contribution is -0.137. The Bertz CT molecular complexity index is 1640. The standard InChI is InChI=1S/C21H36N7O17P3S/c1-21(2,15(31)18(32)24-4-3-11(29)23-5-6-49)8-42-48(39,40)45-47(37,38)41-7-10-14(44-46(34,35)36)13(30)19(43-10)28-9-25-12-16(22)26-20(33)27-17(12)28/h9-10,13-15,19,30-31,49H,3-8H2,1-2H3,(H,23,29)(H,24,32)(H,37,38)(H,39,40)(H2,34,35,36)(H3,22,26,27,33)/t10-,13-,14-,15+,19-/m1/s1. The highest BCUT2D eigenvalue weighted by Crippen LogP contribution is 2.61. The van der Waals surface area contributed by atoms with Crippen molar-refractivity contribution in [3.63, 3.8) is 0 Å². The number of aromatic nitrogens is 4. The topological polar surface area (TPSA) is 367 Å². The number of phosphoric ester groups is 3. The summed E-state index contributed by atoms with van der Waals surface area (Å²) < 4.78 is 61.5. The number of carbonyl (C=O) groups is 2. The number of nitrogen functional groups attached to an aromatic ring is 1. The van der Waals surface area contributed by atoms with E-state index >= 15 is 0 Å². The molecule has 278 valence electrons. The number of rotatable bonds is 18. The fraction of sp³-hybridized carbons (Fsp3) is 0.667. The highest BCUT2D eigenvalue weighted by atomic mass is 32.1. The summed E-state index contributed by atoms with van der Waals surface area (Å²) in [5.41, 5.74) is 3.84.